The number of carbonyl (C=O) groups is 1. The van der Waals surface area contributed by atoms with Gasteiger partial charge in [-0.25, -0.2) is 9.46 Å². The first-order valence-corrected chi connectivity index (χ1v) is 21.7. The molecule has 2 N–H and O–H groups in total. The lowest BCUT2D eigenvalue weighted by Crippen LogP contribution is -2.44. The van der Waals surface area contributed by atoms with E-state index >= 15 is 0 Å². The summed E-state index contributed by atoms with van der Waals surface area (Å²) in [7, 11) is 1.31. The van der Waals surface area contributed by atoms with Crippen LogP contribution in [0.5, 0.6) is 11.5 Å². The van der Waals surface area contributed by atoms with E-state index in [1.807, 2.05) is 107 Å². The molecule has 2 heterocycles. The van der Waals surface area contributed by atoms with Crippen molar-refractivity contribution in [2.75, 3.05) is 46.5 Å². The van der Waals surface area contributed by atoms with E-state index in [1.165, 1.54) is 10.8 Å². The molecule has 0 aliphatic carbocycles. The molecule has 3 aromatic carbocycles. The number of aromatic nitrogens is 2. The number of hydrogen-bond acceptors (Lipinski definition) is 12. The molecule has 0 spiro atoms. The number of nitriles is 1. The van der Waals surface area contributed by atoms with Crippen molar-refractivity contribution in [1.82, 2.24) is 19.5 Å². The molecule has 1 fully saturated rings. The number of halogens is 1. The van der Waals surface area contributed by atoms with E-state index in [1.54, 1.807) is 21.1 Å². The van der Waals surface area contributed by atoms with Crippen LogP contribution in [0.4, 0.5) is 0 Å². The maximum Gasteiger partial charge on any atom is 0.330 e. The smallest absolute Gasteiger partial charge is 0.330 e. The minimum absolute atomic E-state index is 0.0192. The van der Waals surface area contributed by atoms with E-state index in [2.05, 4.69) is 21.0 Å². The van der Waals surface area contributed by atoms with Gasteiger partial charge in [0, 0.05) is 30.4 Å². The molecule has 61 heavy (non-hydrogen) atoms. The minimum atomic E-state index is -1.89. The van der Waals surface area contributed by atoms with Crippen LogP contribution in [0.2, 0.25) is 0 Å². The van der Waals surface area contributed by atoms with Gasteiger partial charge in [-0.2, -0.15) is 5.26 Å². The van der Waals surface area contributed by atoms with Gasteiger partial charge in [-0.3, -0.25) is 19.1 Å². The summed E-state index contributed by atoms with van der Waals surface area (Å²) in [6.45, 7) is 9.71. The molecule has 5 atom stereocenters. The summed E-state index contributed by atoms with van der Waals surface area (Å²) >= 11 is 5.75. The number of benzene rings is 3. The molecule has 0 radical (unpaired) electrons. The summed E-state index contributed by atoms with van der Waals surface area (Å²) in [4.78, 5) is 40.7. The summed E-state index contributed by atoms with van der Waals surface area (Å²) in [5.74, 6) is 0.695. The molecule has 1 saturated heterocycles. The second-order valence-corrected chi connectivity index (χ2v) is 16.5. The Morgan fingerprint density at radius 1 is 0.934 bits per heavy atom. The van der Waals surface area contributed by atoms with Crippen molar-refractivity contribution in [3.8, 4) is 17.6 Å². The summed E-state index contributed by atoms with van der Waals surface area (Å²) in [6, 6.07) is 27.0. The fraction of sp³-hybridized carbons (Fsp3) is 0.455. The minimum Gasteiger partial charge on any atom is -0.497 e. The van der Waals surface area contributed by atoms with Crippen molar-refractivity contribution in [2.45, 2.75) is 83.3 Å². The highest BCUT2D eigenvalue weighted by atomic mass is 35.5. The monoisotopic (exact) mass is 879 g/mol. The Balaban J connectivity index is 1.69. The van der Waals surface area contributed by atoms with Crippen LogP contribution in [0.15, 0.2) is 94.6 Å². The number of amides is 1. The zero-order valence-corrected chi connectivity index (χ0v) is 37.2. The molecule has 15 nitrogen and oxygen atoms in total. The Morgan fingerprint density at radius 3 is 2.07 bits per heavy atom. The second kappa shape index (κ2) is 22.5. The lowest BCUT2D eigenvalue weighted by molar-refractivity contribution is -0.119. The van der Waals surface area contributed by atoms with Crippen molar-refractivity contribution in [3.05, 3.63) is 128 Å². The van der Waals surface area contributed by atoms with Crippen LogP contribution in [0, 0.1) is 18.3 Å². The van der Waals surface area contributed by atoms with Crippen LogP contribution in [0.25, 0.3) is 0 Å². The molecular weight excluding hydrogens is 825 g/mol. The number of carbonyl (C=O) groups excluding carboxylic acids is 1. The van der Waals surface area contributed by atoms with Gasteiger partial charge in [-0.15, -0.1) is 11.6 Å². The number of aromatic amines is 1. The van der Waals surface area contributed by atoms with Crippen molar-refractivity contribution >= 4 is 26.0 Å². The Morgan fingerprint density at radius 2 is 1.52 bits per heavy atom. The van der Waals surface area contributed by atoms with Crippen LogP contribution in [-0.2, 0) is 33.7 Å². The predicted octanol–water partition coefficient (Wildman–Crippen LogP) is 6.17. The van der Waals surface area contributed by atoms with Gasteiger partial charge in [0.25, 0.3) is 14.1 Å². The number of ether oxygens (including phenoxy) is 5. The molecule has 1 aromatic heterocycles. The standard InChI is InChI=1S/C44H55ClN5O10P/c1-29(2)50(30(3)4)61(58-24-11-22-46)60-39-37(59-42(40(39)56-25-23-47-38(51)26-45)49-27-31(5)41(52)48-43(49)53)28-57-44(32-12-9-8-10-13-32,33-14-18-35(54-6)19-15-33)34-16-20-36(55-7)21-17-34/h8-10,12-21,27,29-30,37,39-40,42H,11,23-26,28H2,1-7H3,(H,47,51)(H,48,52,53)/t37-,39-,40-,42-,61?/m1/s1. The Labute approximate surface area is 362 Å². The number of nitrogens with one attached hydrogen (secondary N) is 2. The molecule has 1 unspecified atom stereocenters. The largest absolute Gasteiger partial charge is 0.497 e. The molecule has 1 amide bonds. The third-order valence-electron chi connectivity index (χ3n) is 10.1. The maximum absolute atomic E-state index is 13.6. The zero-order valence-electron chi connectivity index (χ0n) is 35.5. The fourth-order valence-electron chi connectivity index (χ4n) is 7.26. The molecule has 0 saturated carbocycles. The zero-order chi connectivity index (χ0) is 44.1. The average molecular weight is 880 g/mol. The van der Waals surface area contributed by atoms with Gasteiger partial charge in [0.05, 0.1) is 46.5 Å². The molecule has 328 valence electrons. The topological polar surface area (TPSA) is 176 Å². The number of nitrogens with zero attached hydrogens (tertiary/aromatic N) is 3. The maximum atomic E-state index is 13.6. The highest BCUT2D eigenvalue weighted by Crippen LogP contribution is 2.51. The van der Waals surface area contributed by atoms with Crippen LogP contribution in [-0.4, -0.2) is 97.0 Å². The lowest BCUT2D eigenvalue weighted by Gasteiger charge is -2.39. The van der Waals surface area contributed by atoms with Crippen LogP contribution in [0.3, 0.4) is 0 Å². The molecule has 5 rings (SSSR count). The highest BCUT2D eigenvalue weighted by Gasteiger charge is 2.51. The Bertz CT molecular complexity index is 2110. The molecular formula is C44H55ClN5O10P. The number of H-pyrrole nitrogens is 1. The number of methoxy groups -OCH3 is 2. The van der Waals surface area contributed by atoms with Gasteiger partial charge < -0.3 is 38.0 Å². The molecule has 1 aliphatic rings. The number of hydrogen-bond donors (Lipinski definition) is 2. The normalized spacial score (nSPS) is 18.3. The predicted molar refractivity (Wildman–Crippen MR) is 232 cm³/mol. The highest BCUT2D eigenvalue weighted by molar-refractivity contribution is 7.44. The second-order valence-electron chi connectivity index (χ2n) is 14.8. The van der Waals surface area contributed by atoms with Crippen LogP contribution >= 0.6 is 20.1 Å². The number of alkyl halides is 1. The third-order valence-corrected chi connectivity index (χ3v) is 12.4. The quantitative estimate of drug-likeness (QED) is 0.0398. The fourth-order valence-corrected chi connectivity index (χ4v) is 9.12. The van der Waals surface area contributed by atoms with E-state index in [4.69, 9.17) is 44.3 Å². The summed E-state index contributed by atoms with van der Waals surface area (Å²) in [5, 5.41) is 12.2. The molecule has 4 aromatic rings. The van der Waals surface area contributed by atoms with Crippen molar-refractivity contribution in [3.63, 3.8) is 0 Å². The summed E-state index contributed by atoms with van der Waals surface area (Å²) < 4.78 is 48.6. The molecule has 17 heteroatoms. The number of rotatable bonds is 22. The van der Waals surface area contributed by atoms with Gasteiger partial charge in [0.1, 0.15) is 41.3 Å². The van der Waals surface area contributed by atoms with E-state index in [0.717, 1.165) is 16.7 Å². The number of aryl methyl sites for hydroxylation is 1. The Hall–Kier alpha value is -4.62. The average Bonchev–Trinajstić information content (AvgIpc) is 3.60. The third kappa shape index (κ3) is 11.5. The molecule has 0 bridgehead atoms. The SMILES string of the molecule is COc1ccc(C(OC[C@H]2O[C@@H](n3cc(C)c(=O)[nH]c3=O)[C@H](OCCNC(=O)CCl)[C@@H]2OP(OCCC#N)N(C(C)C)C(C)C)(c2ccccc2)c2ccc(OC)cc2)cc1. The lowest BCUT2D eigenvalue weighted by atomic mass is 9.80. The van der Waals surface area contributed by atoms with Gasteiger partial charge in [-0.05, 0) is 75.6 Å². The van der Waals surface area contributed by atoms with Gasteiger partial charge >= 0.3 is 5.69 Å². The van der Waals surface area contributed by atoms with E-state index in [-0.39, 0.29) is 62.2 Å². The summed E-state index contributed by atoms with van der Waals surface area (Å²) in [5.41, 5.74) is 0.107. The first-order chi connectivity index (χ1) is 29.4. The van der Waals surface area contributed by atoms with Crippen molar-refractivity contribution in [1.29, 1.82) is 5.26 Å². The van der Waals surface area contributed by atoms with Gasteiger partial charge in [-0.1, -0.05) is 54.6 Å². The molecule has 1 aliphatic heterocycles. The first-order valence-electron chi connectivity index (χ1n) is 20.0. The van der Waals surface area contributed by atoms with Crippen LogP contribution < -0.4 is 26.0 Å². The van der Waals surface area contributed by atoms with E-state index < -0.39 is 49.9 Å². The first kappa shape index (κ1) is 47.4. The van der Waals surface area contributed by atoms with Crippen molar-refractivity contribution in [2.24, 2.45) is 0 Å². The Kier molecular flexibility index (Phi) is 17.5. The van der Waals surface area contributed by atoms with Crippen molar-refractivity contribution < 1.29 is 37.5 Å². The van der Waals surface area contributed by atoms with Gasteiger partial charge in [0.15, 0.2) is 6.23 Å². The van der Waals surface area contributed by atoms with Gasteiger partial charge in [0.2, 0.25) is 5.91 Å². The van der Waals surface area contributed by atoms with E-state index in [0.29, 0.717) is 11.5 Å². The summed E-state index contributed by atoms with van der Waals surface area (Å²) in [6.07, 6.45) is -2.57. The van der Waals surface area contributed by atoms with E-state index in [9.17, 15) is 19.6 Å². The van der Waals surface area contributed by atoms with Crippen LogP contribution in [0.1, 0.15) is 62.6 Å².